The summed E-state index contributed by atoms with van der Waals surface area (Å²) in [5, 5.41) is 16.5. The summed E-state index contributed by atoms with van der Waals surface area (Å²) in [6, 6.07) is 12.6. The van der Waals surface area contributed by atoms with Gasteiger partial charge in [-0.15, -0.1) is 10.2 Å². The van der Waals surface area contributed by atoms with Gasteiger partial charge in [-0.05, 0) is 67.9 Å². The average molecular weight is 735 g/mol. The Kier molecular flexibility index (Phi) is 10.5. The number of amidine groups is 1. The number of nitrogens with one attached hydrogen (secondary N) is 2. The quantitative estimate of drug-likeness (QED) is 0.206. The van der Waals surface area contributed by atoms with E-state index < -0.39 is 23.9 Å². The fourth-order valence-electron chi connectivity index (χ4n) is 7.51. The molecule has 2 aromatic carbocycles. The van der Waals surface area contributed by atoms with Crippen molar-refractivity contribution in [1.82, 2.24) is 30.0 Å². The molecule has 3 aromatic rings. The van der Waals surface area contributed by atoms with Crippen LogP contribution in [0.3, 0.4) is 0 Å². The molecule has 7 rings (SSSR count). The number of unbranched alkanes of at least 4 members (excludes halogenated alkanes) is 3. The van der Waals surface area contributed by atoms with Crippen molar-refractivity contribution in [3.63, 3.8) is 0 Å². The van der Waals surface area contributed by atoms with E-state index in [9.17, 15) is 32.3 Å². The van der Waals surface area contributed by atoms with Crippen molar-refractivity contribution in [3.8, 4) is 5.75 Å². The standard InChI is InChI=1S/C37H41F3N8O5/c38-37(39,40)36-44-43-30-14-15-31(45-48(30)36)46-19-17-24(18-20-46)23-9-11-25(12-10-23)53-21-4-2-1-3-8-32(49)41-28-7-5-6-26-27(28)22-47(35(26)52)29-13-16-33(50)42-34(29)51/h5-7,9-12,24,29H,1-4,8,13-22H2,(H,41,49)(H,42,50,51). The highest BCUT2D eigenvalue weighted by Crippen LogP contribution is 2.34. The van der Waals surface area contributed by atoms with Gasteiger partial charge in [-0.1, -0.05) is 31.0 Å². The van der Waals surface area contributed by atoms with Crippen LogP contribution in [-0.2, 0) is 33.5 Å². The molecule has 280 valence electrons. The number of carbonyl (C=O) groups is 4. The predicted octanol–water partition coefficient (Wildman–Crippen LogP) is 5.01. The first-order chi connectivity index (χ1) is 25.5. The topological polar surface area (TPSA) is 151 Å². The number of anilines is 1. The van der Waals surface area contributed by atoms with Gasteiger partial charge in [0, 0.05) is 62.1 Å². The van der Waals surface area contributed by atoms with Crippen LogP contribution < -0.4 is 15.4 Å². The number of ether oxygens (including phenoxy) is 1. The second-order valence-corrected chi connectivity index (χ2v) is 13.9. The number of alkyl halides is 3. The molecular formula is C37H41F3N8O5. The maximum atomic E-state index is 13.3. The van der Waals surface area contributed by atoms with E-state index in [-0.39, 0.29) is 42.9 Å². The maximum Gasteiger partial charge on any atom is 0.453 e. The normalized spacial score (nSPS) is 19.1. The van der Waals surface area contributed by atoms with Crippen molar-refractivity contribution < 1.29 is 37.1 Å². The van der Waals surface area contributed by atoms with Crippen LogP contribution in [0.4, 0.5) is 18.9 Å². The van der Waals surface area contributed by atoms with E-state index in [4.69, 9.17) is 4.74 Å². The summed E-state index contributed by atoms with van der Waals surface area (Å²) >= 11 is 0. The number of hydrogen-bond donors (Lipinski definition) is 2. The first kappa shape index (κ1) is 36.1. The van der Waals surface area contributed by atoms with Crippen LogP contribution in [0, 0.1) is 0 Å². The minimum absolute atomic E-state index is 0.139. The molecule has 1 unspecified atom stereocenters. The number of likely N-dealkylation sites (tertiary alicyclic amines) is 1. The number of benzene rings is 2. The molecule has 0 bridgehead atoms. The molecule has 4 amide bonds. The van der Waals surface area contributed by atoms with E-state index in [1.54, 1.807) is 18.2 Å². The minimum atomic E-state index is -4.61. The van der Waals surface area contributed by atoms with Crippen LogP contribution in [0.1, 0.15) is 103 Å². The van der Waals surface area contributed by atoms with Crippen molar-refractivity contribution in [2.24, 2.45) is 5.10 Å². The van der Waals surface area contributed by atoms with Crippen LogP contribution in [0.5, 0.6) is 5.75 Å². The Morgan fingerprint density at radius 2 is 1.70 bits per heavy atom. The third kappa shape index (κ3) is 8.05. The third-order valence-electron chi connectivity index (χ3n) is 10.4. The zero-order valence-corrected chi connectivity index (χ0v) is 29.2. The van der Waals surface area contributed by atoms with Crippen molar-refractivity contribution >= 4 is 35.2 Å². The zero-order chi connectivity index (χ0) is 37.1. The first-order valence-electron chi connectivity index (χ1n) is 18.2. The Morgan fingerprint density at radius 1 is 0.925 bits per heavy atom. The highest BCUT2D eigenvalue weighted by Gasteiger charge is 2.41. The Hall–Kier alpha value is -5.28. The van der Waals surface area contributed by atoms with Gasteiger partial charge in [0.25, 0.3) is 11.7 Å². The molecule has 0 radical (unpaired) electrons. The van der Waals surface area contributed by atoms with E-state index >= 15 is 0 Å². The zero-order valence-electron chi connectivity index (χ0n) is 29.2. The molecule has 0 spiro atoms. The van der Waals surface area contributed by atoms with Gasteiger partial charge >= 0.3 is 6.18 Å². The average Bonchev–Trinajstić information content (AvgIpc) is 3.73. The molecule has 5 heterocycles. The highest BCUT2D eigenvalue weighted by molar-refractivity contribution is 6.06. The lowest BCUT2D eigenvalue weighted by atomic mass is 9.89. The van der Waals surface area contributed by atoms with Crippen molar-refractivity contribution in [2.75, 3.05) is 25.0 Å². The molecule has 2 N–H and O–H groups in total. The van der Waals surface area contributed by atoms with Gasteiger partial charge in [0.2, 0.25) is 17.7 Å². The number of aromatic nitrogens is 3. The number of imide groups is 1. The van der Waals surface area contributed by atoms with E-state index in [0.29, 0.717) is 73.9 Å². The minimum Gasteiger partial charge on any atom is -0.494 e. The van der Waals surface area contributed by atoms with Crippen LogP contribution in [-0.4, -0.2) is 79.9 Å². The van der Waals surface area contributed by atoms with Crippen LogP contribution in [0.15, 0.2) is 47.6 Å². The van der Waals surface area contributed by atoms with Gasteiger partial charge in [0.05, 0.1) is 6.61 Å². The number of rotatable bonds is 11. The Labute approximate surface area is 303 Å². The van der Waals surface area contributed by atoms with Crippen molar-refractivity contribution in [1.29, 1.82) is 0 Å². The van der Waals surface area contributed by atoms with Crippen LogP contribution in [0.2, 0.25) is 0 Å². The summed E-state index contributed by atoms with van der Waals surface area (Å²) in [6.07, 6.45) is 2.16. The van der Waals surface area contributed by atoms with Gasteiger partial charge in [0.15, 0.2) is 5.82 Å². The molecule has 0 saturated carbocycles. The number of nitrogens with zero attached hydrogens (tertiary/aromatic N) is 6. The summed E-state index contributed by atoms with van der Waals surface area (Å²) in [5.74, 6) is -0.308. The highest BCUT2D eigenvalue weighted by atomic mass is 19.4. The number of halogens is 3. The second kappa shape index (κ2) is 15.4. The Bertz CT molecular complexity index is 1900. The molecule has 0 aliphatic carbocycles. The van der Waals surface area contributed by atoms with Gasteiger partial charge in [-0.3, -0.25) is 24.5 Å². The number of fused-ring (bicyclic) bond motifs is 2. The van der Waals surface area contributed by atoms with Gasteiger partial charge in [-0.25, -0.2) is 0 Å². The predicted molar refractivity (Wildman–Crippen MR) is 186 cm³/mol. The first-order valence-corrected chi connectivity index (χ1v) is 18.2. The molecule has 1 atom stereocenters. The lowest BCUT2D eigenvalue weighted by Gasteiger charge is -2.35. The molecule has 2 saturated heterocycles. The molecule has 13 nitrogen and oxygen atoms in total. The number of piperidine rings is 2. The van der Waals surface area contributed by atoms with E-state index in [1.165, 1.54) is 10.5 Å². The van der Waals surface area contributed by atoms with Gasteiger partial charge in [-0.2, -0.15) is 22.9 Å². The molecule has 2 fully saturated rings. The number of hydrogen-bond acceptors (Lipinski definition) is 9. The number of carbonyl (C=O) groups excluding carboxylic acids is 4. The smallest absolute Gasteiger partial charge is 0.453 e. The number of amides is 4. The summed E-state index contributed by atoms with van der Waals surface area (Å²) in [5.41, 5.74) is 2.91. The lowest BCUT2D eigenvalue weighted by molar-refractivity contribution is -0.147. The maximum absolute atomic E-state index is 13.3. The van der Waals surface area contributed by atoms with Gasteiger partial charge in [0.1, 0.15) is 17.6 Å². The molecule has 4 aliphatic heterocycles. The summed E-state index contributed by atoms with van der Waals surface area (Å²) in [7, 11) is 0. The van der Waals surface area contributed by atoms with Crippen molar-refractivity contribution in [2.45, 2.75) is 95.3 Å². The number of aryl methyl sites for hydroxylation is 1. The SMILES string of the molecule is O=C1CCC(N2Cc3c(NC(=O)CCCCCCOc4ccc(C5CCN(C6=Nn7c(nnc7C(F)(F)F)CC6)CC5)cc4)cccc3C2=O)C(=O)N1. The van der Waals surface area contributed by atoms with Gasteiger partial charge < -0.3 is 19.9 Å². The lowest BCUT2D eigenvalue weighted by Crippen LogP contribution is -2.52. The largest absolute Gasteiger partial charge is 0.494 e. The fraction of sp³-hybridized carbons (Fsp3) is 0.486. The van der Waals surface area contributed by atoms with Crippen molar-refractivity contribution in [3.05, 3.63) is 70.8 Å². The van der Waals surface area contributed by atoms with E-state index in [1.807, 2.05) is 12.1 Å². The molecule has 53 heavy (non-hydrogen) atoms. The monoisotopic (exact) mass is 734 g/mol. The summed E-state index contributed by atoms with van der Waals surface area (Å²) in [6.45, 7) is 2.18. The second-order valence-electron chi connectivity index (χ2n) is 13.9. The Morgan fingerprint density at radius 3 is 2.45 bits per heavy atom. The van der Waals surface area contributed by atoms with Crippen LogP contribution >= 0.6 is 0 Å². The molecule has 16 heteroatoms. The fourth-order valence-corrected chi connectivity index (χ4v) is 7.51. The van der Waals surface area contributed by atoms with E-state index in [0.717, 1.165) is 42.5 Å². The van der Waals surface area contributed by atoms with E-state index in [2.05, 4.69) is 43.0 Å². The van der Waals surface area contributed by atoms with Crippen LogP contribution in [0.25, 0.3) is 0 Å². The summed E-state index contributed by atoms with van der Waals surface area (Å²) < 4.78 is 46.7. The molecular weight excluding hydrogens is 693 g/mol. The Balaban J connectivity index is 0.789. The molecule has 4 aliphatic rings. The molecule has 1 aromatic heterocycles. The third-order valence-corrected chi connectivity index (χ3v) is 10.4. The summed E-state index contributed by atoms with van der Waals surface area (Å²) in [4.78, 5) is 53.3.